The normalized spacial score (nSPS) is 22.5. The lowest BCUT2D eigenvalue weighted by Gasteiger charge is -2.34. The third kappa shape index (κ3) is 4.53. The molecule has 2 fully saturated rings. The molecular formula is C18H26N2O3. The fourth-order valence-electron chi connectivity index (χ4n) is 3.20. The molecule has 0 unspecified atom stereocenters. The summed E-state index contributed by atoms with van der Waals surface area (Å²) in [4.78, 5) is 14.1. The maximum Gasteiger partial charge on any atom is 0.249 e. The Kier molecular flexibility index (Phi) is 5.30. The number of benzene rings is 1. The molecule has 1 aromatic rings. The number of carbonyl (C=O) groups excluding carboxylic acids is 1. The van der Waals surface area contributed by atoms with Gasteiger partial charge in [0.2, 0.25) is 5.91 Å². The Morgan fingerprint density at radius 2 is 1.78 bits per heavy atom. The summed E-state index contributed by atoms with van der Waals surface area (Å²) in [5.41, 5.74) is 0.929. The topological polar surface area (TPSA) is 72.8 Å². The van der Waals surface area contributed by atoms with E-state index in [0.717, 1.165) is 44.3 Å². The summed E-state index contributed by atoms with van der Waals surface area (Å²) in [6, 6.07) is 9.96. The van der Waals surface area contributed by atoms with Gasteiger partial charge in [-0.3, -0.25) is 4.79 Å². The van der Waals surface area contributed by atoms with Gasteiger partial charge < -0.3 is 20.4 Å². The number of aliphatic hydroxyl groups is 2. The van der Waals surface area contributed by atoms with Crippen molar-refractivity contribution in [2.45, 2.75) is 43.9 Å². The highest BCUT2D eigenvalue weighted by molar-refractivity contribution is 5.81. The minimum absolute atomic E-state index is 0.0267. The van der Waals surface area contributed by atoms with Crippen LogP contribution in [-0.2, 0) is 4.79 Å². The first-order valence-corrected chi connectivity index (χ1v) is 8.57. The second-order valence-corrected chi connectivity index (χ2v) is 6.79. The number of hydrogen-bond donors (Lipinski definition) is 3. The molecule has 126 valence electrons. The molecule has 1 amide bonds. The second-order valence-electron chi connectivity index (χ2n) is 6.79. The van der Waals surface area contributed by atoms with E-state index in [1.807, 2.05) is 30.3 Å². The molecule has 23 heavy (non-hydrogen) atoms. The summed E-state index contributed by atoms with van der Waals surface area (Å²) >= 11 is 0. The Morgan fingerprint density at radius 3 is 2.39 bits per heavy atom. The number of piperidine rings is 1. The largest absolute Gasteiger partial charge is 0.387 e. The van der Waals surface area contributed by atoms with Crippen molar-refractivity contribution in [1.29, 1.82) is 0 Å². The van der Waals surface area contributed by atoms with Crippen LogP contribution >= 0.6 is 0 Å². The monoisotopic (exact) mass is 318 g/mol. The molecule has 1 saturated carbocycles. The Balaban J connectivity index is 1.43. The first-order chi connectivity index (χ1) is 11.1. The molecule has 0 radical (unpaired) electrons. The molecule has 1 saturated heterocycles. The van der Waals surface area contributed by atoms with Crippen molar-refractivity contribution in [3.63, 3.8) is 0 Å². The number of hydrogen-bond acceptors (Lipinski definition) is 4. The van der Waals surface area contributed by atoms with Gasteiger partial charge in [0, 0.05) is 12.6 Å². The van der Waals surface area contributed by atoms with E-state index in [4.69, 9.17) is 0 Å². The SMILES string of the molecule is O=C(NC1CC1)[C@H](O)C1CCN(C[C@H](O)c2ccccc2)CC1. The number of likely N-dealkylation sites (tertiary alicyclic amines) is 1. The van der Waals surface area contributed by atoms with E-state index in [2.05, 4.69) is 10.2 Å². The predicted molar refractivity (Wildman–Crippen MR) is 87.7 cm³/mol. The molecule has 2 atom stereocenters. The Bertz CT molecular complexity index is 510. The summed E-state index contributed by atoms with van der Waals surface area (Å²) in [7, 11) is 0. The second kappa shape index (κ2) is 7.43. The predicted octanol–water partition coefficient (Wildman–Crippen LogP) is 1.07. The summed E-state index contributed by atoms with van der Waals surface area (Å²) in [5, 5.41) is 23.3. The fraction of sp³-hybridized carbons (Fsp3) is 0.611. The van der Waals surface area contributed by atoms with Gasteiger partial charge in [0.25, 0.3) is 0 Å². The fourth-order valence-corrected chi connectivity index (χ4v) is 3.20. The average Bonchev–Trinajstić information content (AvgIpc) is 3.39. The Hall–Kier alpha value is -1.43. The van der Waals surface area contributed by atoms with Crippen LogP contribution in [0.15, 0.2) is 30.3 Å². The van der Waals surface area contributed by atoms with Crippen LogP contribution in [-0.4, -0.2) is 52.8 Å². The van der Waals surface area contributed by atoms with Gasteiger partial charge in [-0.25, -0.2) is 0 Å². The van der Waals surface area contributed by atoms with Crippen molar-refractivity contribution in [3.05, 3.63) is 35.9 Å². The van der Waals surface area contributed by atoms with Crippen LogP contribution in [0.2, 0.25) is 0 Å². The maximum absolute atomic E-state index is 11.9. The lowest BCUT2D eigenvalue weighted by atomic mass is 9.90. The van der Waals surface area contributed by atoms with Gasteiger partial charge in [-0.2, -0.15) is 0 Å². The molecule has 1 aromatic carbocycles. The van der Waals surface area contributed by atoms with Crippen LogP contribution in [0.4, 0.5) is 0 Å². The van der Waals surface area contributed by atoms with Crippen LogP contribution in [0, 0.1) is 5.92 Å². The minimum Gasteiger partial charge on any atom is -0.387 e. The molecule has 5 nitrogen and oxygen atoms in total. The average molecular weight is 318 g/mol. The van der Waals surface area contributed by atoms with Gasteiger partial charge in [0.15, 0.2) is 0 Å². The van der Waals surface area contributed by atoms with E-state index in [0.29, 0.717) is 12.6 Å². The highest BCUT2D eigenvalue weighted by Crippen LogP contribution is 2.24. The van der Waals surface area contributed by atoms with Gasteiger partial charge in [0.1, 0.15) is 6.10 Å². The zero-order chi connectivity index (χ0) is 16.2. The highest BCUT2D eigenvalue weighted by Gasteiger charge is 2.33. The summed E-state index contributed by atoms with van der Waals surface area (Å²) in [6.45, 7) is 2.21. The van der Waals surface area contributed by atoms with Gasteiger partial charge in [0.05, 0.1) is 6.10 Å². The standard InChI is InChI=1S/C18H26N2O3/c21-16(13-4-2-1-3-5-13)12-20-10-8-14(9-11-20)17(22)18(23)19-15-6-7-15/h1-5,14-17,21-22H,6-12H2,(H,19,23)/t16-,17+/m0/s1. The third-order valence-electron chi connectivity index (χ3n) is 4.89. The van der Waals surface area contributed by atoms with E-state index in [-0.39, 0.29) is 11.8 Å². The van der Waals surface area contributed by atoms with Crippen LogP contribution in [0.3, 0.4) is 0 Å². The molecule has 1 aliphatic carbocycles. The van der Waals surface area contributed by atoms with Crippen molar-refractivity contribution >= 4 is 5.91 Å². The van der Waals surface area contributed by atoms with Gasteiger partial charge in [-0.15, -0.1) is 0 Å². The van der Waals surface area contributed by atoms with E-state index in [9.17, 15) is 15.0 Å². The molecule has 2 aliphatic rings. The molecule has 5 heteroatoms. The molecule has 0 aromatic heterocycles. The molecule has 1 aliphatic heterocycles. The first-order valence-electron chi connectivity index (χ1n) is 8.57. The lowest BCUT2D eigenvalue weighted by Crippen LogP contribution is -2.45. The molecular weight excluding hydrogens is 292 g/mol. The first kappa shape index (κ1) is 16.4. The van der Waals surface area contributed by atoms with Crippen LogP contribution in [0.1, 0.15) is 37.4 Å². The molecule has 0 bridgehead atoms. The molecule has 3 rings (SSSR count). The van der Waals surface area contributed by atoms with Crippen molar-refractivity contribution in [2.75, 3.05) is 19.6 Å². The van der Waals surface area contributed by atoms with E-state index in [1.165, 1.54) is 0 Å². The number of nitrogens with zero attached hydrogens (tertiary/aromatic N) is 1. The maximum atomic E-state index is 11.9. The molecule has 0 spiro atoms. The lowest BCUT2D eigenvalue weighted by molar-refractivity contribution is -0.133. The van der Waals surface area contributed by atoms with Crippen LogP contribution in [0.5, 0.6) is 0 Å². The summed E-state index contributed by atoms with van der Waals surface area (Å²) in [5.74, 6) is -0.186. The number of carbonyl (C=O) groups is 1. The van der Waals surface area contributed by atoms with Crippen molar-refractivity contribution in [3.8, 4) is 0 Å². The number of nitrogens with one attached hydrogen (secondary N) is 1. The highest BCUT2D eigenvalue weighted by atomic mass is 16.3. The number of amides is 1. The van der Waals surface area contributed by atoms with Gasteiger partial charge in [-0.1, -0.05) is 30.3 Å². The van der Waals surface area contributed by atoms with E-state index >= 15 is 0 Å². The van der Waals surface area contributed by atoms with Crippen LogP contribution < -0.4 is 5.32 Å². The Morgan fingerprint density at radius 1 is 1.13 bits per heavy atom. The van der Waals surface area contributed by atoms with Gasteiger partial charge in [-0.05, 0) is 50.3 Å². The number of β-amino-alcohol motifs (C(OH)–C–C–N with tert-alkyl or cyclic N) is 1. The zero-order valence-corrected chi connectivity index (χ0v) is 13.4. The van der Waals surface area contributed by atoms with Gasteiger partial charge >= 0.3 is 0 Å². The van der Waals surface area contributed by atoms with Crippen molar-refractivity contribution in [2.24, 2.45) is 5.92 Å². The quantitative estimate of drug-likeness (QED) is 0.734. The van der Waals surface area contributed by atoms with Crippen LogP contribution in [0.25, 0.3) is 0 Å². The molecule has 1 heterocycles. The number of rotatable bonds is 6. The number of aliphatic hydroxyl groups excluding tert-OH is 2. The van der Waals surface area contributed by atoms with E-state index in [1.54, 1.807) is 0 Å². The van der Waals surface area contributed by atoms with E-state index < -0.39 is 12.2 Å². The third-order valence-corrected chi connectivity index (χ3v) is 4.89. The molecule has 3 N–H and O–H groups in total. The minimum atomic E-state index is -0.892. The van der Waals surface area contributed by atoms with Crippen molar-refractivity contribution < 1.29 is 15.0 Å². The summed E-state index contributed by atoms with van der Waals surface area (Å²) in [6.07, 6.45) is 2.28. The Labute approximate surface area is 137 Å². The smallest absolute Gasteiger partial charge is 0.249 e. The van der Waals surface area contributed by atoms with Crippen molar-refractivity contribution in [1.82, 2.24) is 10.2 Å². The summed E-state index contributed by atoms with van der Waals surface area (Å²) < 4.78 is 0. The zero-order valence-electron chi connectivity index (χ0n) is 13.4.